The maximum absolute atomic E-state index is 13.0. The van der Waals surface area contributed by atoms with E-state index < -0.39 is 11.9 Å². The number of aliphatic hydroxyl groups is 1. The molecule has 3 heteroatoms. The Bertz CT molecular complexity index is 288. The van der Waals surface area contributed by atoms with E-state index in [9.17, 15) is 9.50 Å². The number of aromatic nitrogens is 1. The number of aliphatic hydroxyl groups excluding tert-OH is 1. The summed E-state index contributed by atoms with van der Waals surface area (Å²) in [5.41, 5.74) is 0.115. The molecule has 0 aliphatic heterocycles. The van der Waals surface area contributed by atoms with Crippen LogP contribution >= 0.6 is 0 Å². The number of hydrogen-bond acceptors (Lipinski definition) is 2. The van der Waals surface area contributed by atoms with Crippen molar-refractivity contribution in [1.29, 1.82) is 0 Å². The van der Waals surface area contributed by atoms with Crippen LogP contribution in [0, 0.1) is 5.82 Å². The molecule has 0 spiro atoms. The molecule has 1 atom stereocenters. The van der Waals surface area contributed by atoms with Crippen LogP contribution < -0.4 is 0 Å². The highest BCUT2D eigenvalue weighted by Gasteiger charge is 2.12. The van der Waals surface area contributed by atoms with Gasteiger partial charge in [-0.15, -0.1) is 6.58 Å². The zero-order chi connectivity index (χ0) is 9.68. The molecule has 0 bridgehead atoms. The van der Waals surface area contributed by atoms with Gasteiger partial charge in [0.15, 0.2) is 0 Å². The molecule has 0 saturated heterocycles. The monoisotopic (exact) mass is 181 g/mol. The Morgan fingerprint density at radius 2 is 2.46 bits per heavy atom. The first kappa shape index (κ1) is 9.86. The molecule has 0 aliphatic rings. The van der Waals surface area contributed by atoms with Crippen LogP contribution in [0.1, 0.15) is 24.6 Å². The maximum atomic E-state index is 13.0. The first-order chi connectivity index (χ1) is 6.25. The van der Waals surface area contributed by atoms with Crippen molar-refractivity contribution in [2.24, 2.45) is 0 Å². The summed E-state index contributed by atoms with van der Waals surface area (Å²) in [5.74, 6) is -0.459. The number of hydrogen-bond donors (Lipinski definition) is 1. The van der Waals surface area contributed by atoms with Gasteiger partial charge in [-0.2, -0.15) is 0 Å². The Labute approximate surface area is 76.7 Å². The van der Waals surface area contributed by atoms with Crippen LogP contribution in [-0.2, 0) is 0 Å². The van der Waals surface area contributed by atoms with Gasteiger partial charge in [-0.25, -0.2) is 4.39 Å². The first-order valence-electron chi connectivity index (χ1n) is 4.15. The van der Waals surface area contributed by atoms with Gasteiger partial charge in [0.2, 0.25) is 0 Å². The summed E-state index contributed by atoms with van der Waals surface area (Å²) in [6.45, 7) is 3.52. The lowest BCUT2D eigenvalue weighted by Gasteiger charge is -2.08. The van der Waals surface area contributed by atoms with Crippen molar-refractivity contribution >= 4 is 0 Å². The zero-order valence-electron chi connectivity index (χ0n) is 7.28. The Balaban J connectivity index is 2.70. The summed E-state index contributed by atoms with van der Waals surface area (Å²) in [4.78, 5) is 3.77. The SMILES string of the molecule is C=CCCC(O)c1ncccc1F. The van der Waals surface area contributed by atoms with E-state index in [0.29, 0.717) is 12.8 Å². The highest BCUT2D eigenvalue weighted by atomic mass is 19.1. The molecule has 13 heavy (non-hydrogen) atoms. The summed E-state index contributed by atoms with van der Waals surface area (Å²) in [5, 5.41) is 9.48. The lowest BCUT2D eigenvalue weighted by molar-refractivity contribution is 0.159. The molecule has 1 rings (SSSR count). The zero-order valence-corrected chi connectivity index (χ0v) is 7.28. The van der Waals surface area contributed by atoms with Crippen LogP contribution in [-0.4, -0.2) is 10.1 Å². The normalized spacial score (nSPS) is 12.5. The quantitative estimate of drug-likeness (QED) is 0.722. The second-order valence-electron chi connectivity index (χ2n) is 2.75. The third-order valence-corrected chi connectivity index (χ3v) is 1.75. The van der Waals surface area contributed by atoms with Crippen molar-refractivity contribution < 1.29 is 9.50 Å². The van der Waals surface area contributed by atoms with Crippen molar-refractivity contribution in [2.75, 3.05) is 0 Å². The number of pyridine rings is 1. The molecule has 0 amide bonds. The third-order valence-electron chi connectivity index (χ3n) is 1.75. The minimum Gasteiger partial charge on any atom is -0.387 e. The van der Waals surface area contributed by atoms with Crippen LogP contribution in [0.5, 0.6) is 0 Å². The Morgan fingerprint density at radius 1 is 1.69 bits per heavy atom. The summed E-state index contributed by atoms with van der Waals surface area (Å²) >= 11 is 0. The fraction of sp³-hybridized carbons (Fsp3) is 0.300. The highest BCUT2D eigenvalue weighted by Crippen LogP contribution is 2.18. The van der Waals surface area contributed by atoms with Gasteiger partial charge in [0.05, 0.1) is 6.10 Å². The second-order valence-corrected chi connectivity index (χ2v) is 2.75. The number of nitrogens with zero attached hydrogens (tertiary/aromatic N) is 1. The molecule has 2 nitrogen and oxygen atoms in total. The van der Waals surface area contributed by atoms with Gasteiger partial charge >= 0.3 is 0 Å². The molecule has 70 valence electrons. The van der Waals surface area contributed by atoms with Crippen molar-refractivity contribution in [3.63, 3.8) is 0 Å². The molecule has 0 aliphatic carbocycles. The molecule has 0 radical (unpaired) electrons. The average Bonchev–Trinajstić information content (AvgIpc) is 2.15. The van der Waals surface area contributed by atoms with Gasteiger partial charge in [-0.3, -0.25) is 4.98 Å². The van der Waals surface area contributed by atoms with Gasteiger partial charge in [-0.05, 0) is 25.0 Å². The van der Waals surface area contributed by atoms with Crippen molar-refractivity contribution in [3.05, 3.63) is 42.5 Å². The van der Waals surface area contributed by atoms with Crippen LogP contribution in [0.25, 0.3) is 0 Å². The minimum absolute atomic E-state index is 0.115. The van der Waals surface area contributed by atoms with Crippen molar-refractivity contribution in [2.45, 2.75) is 18.9 Å². The van der Waals surface area contributed by atoms with E-state index in [1.54, 1.807) is 6.08 Å². The molecule has 1 unspecified atom stereocenters. The molecular weight excluding hydrogens is 169 g/mol. The first-order valence-corrected chi connectivity index (χ1v) is 4.15. The smallest absolute Gasteiger partial charge is 0.147 e. The molecular formula is C10H12FNO. The number of halogens is 1. The number of allylic oxidation sites excluding steroid dienone is 1. The van der Waals surface area contributed by atoms with Gasteiger partial charge in [0.1, 0.15) is 11.5 Å². The topological polar surface area (TPSA) is 33.1 Å². The molecule has 1 heterocycles. The van der Waals surface area contributed by atoms with Gasteiger partial charge in [0.25, 0.3) is 0 Å². The molecule has 0 saturated carbocycles. The molecule has 1 aromatic rings. The van der Waals surface area contributed by atoms with E-state index in [4.69, 9.17) is 0 Å². The fourth-order valence-corrected chi connectivity index (χ4v) is 1.06. The summed E-state index contributed by atoms with van der Waals surface area (Å²) in [6, 6.07) is 2.79. The van der Waals surface area contributed by atoms with E-state index in [1.165, 1.54) is 18.3 Å². The molecule has 0 fully saturated rings. The predicted octanol–water partition coefficient (Wildman–Crippen LogP) is 2.22. The summed E-state index contributed by atoms with van der Waals surface area (Å²) < 4.78 is 13.0. The molecule has 0 aromatic carbocycles. The Kier molecular flexibility index (Phi) is 3.58. The highest BCUT2D eigenvalue weighted by molar-refractivity contribution is 5.09. The van der Waals surface area contributed by atoms with Crippen LogP contribution in [0.4, 0.5) is 4.39 Å². The lowest BCUT2D eigenvalue weighted by atomic mass is 10.1. The van der Waals surface area contributed by atoms with Crippen LogP contribution in [0.3, 0.4) is 0 Å². The average molecular weight is 181 g/mol. The van der Waals surface area contributed by atoms with E-state index in [1.807, 2.05) is 0 Å². The van der Waals surface area contributed by atoms with Gasteiger partial charge < -0.3 is 5.11 Å². The standard InChI is InChI=1S/C10H12FNO/c1-2-3-6-9(13)10-8(11)5-4-7-12-10/h2,4-5,7,9,13H,1,3,6H2. The largest absolute Gasteiger partial charge is 0.387 e. The van der Waals surface area contributed by atoms with Crippen molar-refractivity contribution in [1.82, 2.24) is 4.98 Å². The van der Waals surface area contributed by atoms with E-state index >= 15 is 0 Å². The van der Waals surface area contributed by atoms with E-state index in [2.05, 4.69) is 11.6 Å². The molecule has 1 aromatic heterocycles. The van der Waals surface area contributed by atoms with E-state index in [0.717, 1.165) is 0 Å². The summed E-state index contributed by atoms with van der Waals surface area (Å²) in [7, 11) is 0. The third kappa shape index (κ3) is 2.63. The number of rotatable bonds is 4. The summed E-state index contributed by atoms with van der Waals surface area (Å²) in [6.07, 6.45) is 3.42. The van der Waals surface area contributed by atoms with Crippen LogP contribution in [0.15, 0.2) is 31.0 Å². The van der Waals surface area contributed by atoms with Crippen molar-refractivity contribution in [3.8, 4) is 0 Å². The van der Waals surface area contributed by atoms with E-state index in [-0.39, 0.29) is 5.69 Å². The lowest BCUT2D eigenvalue weighted by Crippen LogP contribution is -2.02. The van der Waals surface area contributed by atoms with Crippen LogP contribution in [0.2, 0.25) is 0 Å². The maximum Gasteiger partial charge on any atom is 0.147 e. The predicted molar refractivity (Wildman–Crippen MR) is 48.6 cm³/mol. The Morgan fingerprint density at radius 3 is 3.08 bits per heavy atom. The van der Waals surface area contributed by atoms with Gasteiger partial charge in [0, 0.05) is 6.20 Å². The second kappa shape index (κ2) is 4.72. The van der Waals surface area contributed by atoms with Gasteiger partial charge in [-0.1, -0.05) is 6.08 Å². The fourth-order valence-electron chi connectivity index (χ4n) is 1.06. The Hall–Kier alpha value is -1.22. The molecule has 1 N–H and O–H groups in total. The minimum atomic E-state index is -0.834.